The van der Waals surface area contributed by atoms with Crippen LogP contribution in [0.4, 0.5) is 0 Å². The van der Waals surface area contributed by atoms with Gasteiger partial charge in [-0.05, 0) is 24.0 Å². The average molecular weight is 418 g/mol. The molecule has 31 heavy (non-hydrogen) atoms. The molecule has 0 N–H and O–H groups in total. The van der Waals surface area contributed by atoms with E-state index in [-0.39, 0.29) is 17.7 Å². The van der Waals surface area contributed by atoms with Gasteiger partial charge in [0.05, 0.1) is 5.57 Å². The van der Waals surface area contributed by atoms with Crippen LogP contribution in [0.25, 0.3) is 5.57 Å². The van der Waals surface area contributed by atoms with Gasteiger partial charge in [-0.15, -0.1) is 0 Å². The zero-order valence-corrected chi connectivity index (χ0v) is 18.7. The van der Waals surface area contributed by atoms with Crippen molar-refractivity contribution in [1.29, 1.82) is 0 Å². The minimum atomic E-state index is -0.163. The Morgan fingerprint density at radius 3 is 2.10 bits per heavy atom. The molecule has 2 heterocycles. The summed E-state index contributed by atoms with van der Waals surface area (Å²) in [5.74, 6) is -0.0794. The van der Waals surface area contributed by atoms with Gasteiger partial charge in [-0.25, -0.2) is 0 Å². The van der Waals surface area contributed by atoms with Crippen LogP contribution >= 0.6 is 0 Å². The van der Waals surface area contributed by atoms with Crippen molar-refractivity contribution in [2.24, 2.45) is 5.92 Å². The van der Waals surface area contributed by atoms with Crippen molar-refractivity contribution in [3.63, 3.8) is 0 Å². The molecule has 0 atom stereocenters. The second-order valence-corrected chi connectivity index (χ2v) is 8.95. The number of imide groups is 1. The van der Waals surface area contributed by atoms with E-state index in [2.05, 4.69) is 34.1 Å². The Bertz CT molecular complexity index is 971. The number of carbonyl (C=O) groups is 2. The Balaban J connectivity index is 1.58. The summed E-state index contributed by atoms with van der Waals surface area (Å²) in [5.41, 5.74) is 4.40. The van der Waals surface area contributed by atoms with Crippen molar-refractivity contribution < 1.29 is 9.59 Å². The lowest BCUT2D eigenvalue weighted by atomic mass is 10.0. The van der Waals surface area contributed by atoms with E-state index >= 15 is 0 Å². The van der Waals surface area contributed by atoms with Crippen LogP contribution in [-0.4, -0.2) is 59.2 Å². The van der Waals surface area contributed by atoms with Crippen LogP contribution in [0.15, 0.2) is 60.3 Å². The van der Waals surface area contributed by atoms with E-state index < -0.39 is 0 Å². The molecule has 2 aliphatic heterocycles. The number of aryl methyl sites for hydroxylation is 1. The fourth-order valence-corrected chi connectivity index (χ4v) is 4.34. The first-order valence-electron chi connectivity index (χ1n) is 11.1. The van der Waals surface area contributed by atoms with E-state index in [0.29, 0.717) is 17.8 Å². The lowest BCUT2D eigenvalue weighted by molar-refractivity contribution is -0.138. The van der Waals surface area contributed by atoms with E-state index in [1.54, 1.807) is 0 Å². The van der Waals surface area contributed by atoms with Gasteiger partial charge in [0.2, 0.25) is 0 Å². The quantitative estimate of drug-likeness (QED) is 0.675. The van der Waals surface area contributed by atoms with E-state index in [4.69, 9.17) is 0 Å². The van der Waals surface area contributed by atoms with E-state index in [0.717, 1.165) is 43.9 Å². The molecule has 0 radical (unpaired) electrons. The normalized spacial score (nSPS) is 17.9. The Morgan fingerprint density at radius 1 is 0.839 bits per heavy atom. The molecule has 2 aliphatic rings. The average Bonchev–Trinajstić information content (AvgIpc) is 3.00. The van der Waals surface area contributed by atoms with Crippen molar-refractivity contribution in [2.75, 3.05) is 32.7 Å². The fraction of sp³-hybridized carbons (Fsp3) is 0.385. The third-order valence-corrected chi connectivity index (χ3v) is 5.97. The van der Waals surface area contributed by atoms with Crippen molar-refractivity contribution >= 4 is 17.4 Å². The molecule has 2 aromatic rings. The highest BCUT2D eigenvalue weighted by atomic mass is 16.2. The van der Waals surface area contributed by atoms with Gasteiger partial charge >= 0.3 is 0 Å². The minimum absolute atomic E-state index is 0.147. The molecule has 1 saturated heterocycles. The van der Waals surface area contributed by atoms with Crippen molar-refractivity contribution in [1.82, 2.24) is 14.7 Å². The molecular formula is C26H31N3O2. The van der Waals surface area contributed by atoms with Crippen LogP contribution in [0, 0.1) is 12.8 Å². The Kier molecular flexibility index (Phi) is 6.23. The number of hydrogen-bond acceptors (Lipinski definition) is 4. The molecule has 2 amide bonds. The highest BCUT2D eigenvalue weighted by molar-refractivity contribution is 6.35. The van der Waals surface area contributed by atoms with Crippen molar-refractivity contribution in [3.8, 4) is 0 Å². The summed E-state index contributed by atoms with van der Waals surface area (Å²) in [6, 6.07) is 18.4. The van der Waals surface area contributed by atoms with Gasteiger partial charge in [-0.3, -0.25) is 19.4 Å². The van der Waals surface area contributed by atoms with Crippen LogP contribution in [0.1, 0.15) is 30.5 Å². The van der Waals surface area contributed by atoms with Crippen LogP contribution in [0.2, 0.25) is 0 Å². The monoisotopic (exact) mass is 417 g/mol. The number of hydrogen-bond donors (Lipinski definition) is 0. The molecule has 0 bridgehead atoms. The number of nitrogens with zero attached hydrogens (tertiary/aromatic N) is 3. The third kappa shape index (κ3) is 4.57. The second-order valence-electron chi connectivity index (χ2n) is 8.95. The predicted octanol–water partition coefficient (Wildman–Crippen LogP) is 3.55. The molecule has 0 aliphatic carbocycles. The molecule has 0 aromatic heterocycles. The Morgan fingerprint density at radius 2 is 1.48 bits per heavy atom. The zero-order valence-electron chi connectivity index (χ0n) is 18.7. The highest BCUT2D eigenvalue weighted by Crippen LogP contribution is 2.33. The summed E-state index contributed by atoms with van der Waals surface area (Å²) >= 11 is 0. The predicted molar refractivity (Wildman–Crippen MR) is 123 cm³/mol. The first-order chi connectivity index (χ1) is 14.9. The maximum absolute atomic E-state index is 13.4. The zero-order chi connectivity index (χ0) is 22.0. The number of amides is 2. The molecular weight excluding hydrogens is 386 g/mol. The van der Waals surface area contributed by atoms with Crippen LogP contribution in [0.5, 0.6) is 0 Å². The van der Waals surface area contributed by atoms with Gasteiger partial charge in [0.25, 0.3) is 11.8 Å². The van der Waals surface area contributed by atoms with Crippen LogP contribution in [0.3, 0.4) is 0 Å². The molecule has 5 nitrogen and oxygen atoms in total. The second kappa shape index (κ2) is 9.06. The molecule has 5 heteroatoms. The molecule has 1 fully saturated rings. The molecule has 162 valence electrons. The van der Waals surface area contributed by atoms with Gasteiger partial charge in [0.15, 0.2) is 0 Å². The summed E-state index contributed by atoms with van der Waals surface area (Å²) in [4.78, 5) is 32.6. The van der Waals surface area contributed by atoms with Gasteiger partial charge < -0.3 is 4.90 Å². The smallest absolute Gasteiger partial charge is 0.277 e. The number of benzene rings is 2. The standard InChI is InChI=1S/C26H31N3O2/c1-19(2)17-29-25(30)23(22-11-9-20(3)10-12-22)24(26(29)31)28-15-13-27(14-16-28)18-21-7-5-4-6-8-21/h4-12,19H,13-18H2,1-3H3. The molecule has 0 unspecified atom stereocenters. The third-order valence-electron chi connectivity index (χ3n) is 5.97. The first-order valence-corrected chi connectivity index (χ1v) is 11.1. The number of piperazine rings is 1. The first kappa shape index (κ1) is 21.3. The van der Waals surface area contributed by atoms with Crippen LogP contribution < -0.4 is 0 Å². The molecule has 0 saturated carbocycles. The molecule has 0 spiro atoms. The molecule has 2 aromatic carbocycles. The van der Waals surface area contributed by atoms with Gasteiger partial charge in [-0.2, -0.15) is 0 Å². The number of carbonyl (C=O) groups excluding carboxylic acids is 2. The van der Waals surface area contributed by atoms with E-state index in [1.807, 2.05) is 51.1 Å². The van der Waals surface area contributed by atoms with E-state index in [1.165, 1.54) is 10.5 Å². The highest BCUT2D eigenvalue weighted by Gasteiger charge is 2.42. The summed E-state index contributed by atoms with van der Waals surface area (Å²) in [7, 11) is 0. The Labute approximate surface area is 184 Å². The summed E-state index contributed by atoms with van der Waals surface area (Å²) in [6.07, 6.45) is 0. The lowest BCUT2D eigenvalue weighted by Crippen LogP contribution is -2.47. The minimum Gasteiger partial charge on any atom is -0.364 e. The SMILES string of the molecule is Cc1ccc(C2=C(N3CCN(Cc4ccccc4)CC3)C(=O)N(CC(C)C)C2=O)cc1. The van der Waals surface area contributed by atoms with Crippen molar-refractivity contribution in [3.05, 3.63) is 77.0 Å². The van der Waals surface area contributed by atoms with Gasteiger partial charge in [-0.1, -0.05) is 74.0 Å². The summed E-state index contributed by atoms with van der Waals surface area (Å²) < 4.78 is 0. The summed E-state index contributed by atoms with van der Waals surface area (Å²) in [5, 5.41) is 0. The van der Waals surface area contributed by atoms with Crippen molar-refractivity contribution in [2.45, 2.75) is 27.3 Å². The number of rotatable bonds is 6. The lowest BCUT2D eigenvalue weighted by Gasteiger charge is -2.36. The Hall–Kier alpha value is -2.92. The fourth-order valence-electron chi connectivity index (χ4n) is 4.34. The molecule has 4 rings (SSSR count). The maximum Gasteiger partial charge on any atom is 0.277 e. The van der Waals surface area contributed by atoms with Gasteiger partial charge in [0, 0.05) is 39.3 Å². The topological polar surface area (TPSA) is 43.9 Å². The largest absolute Gasteiger partial charge is 0.364 e. The van der Waals surface area contributed by atoms with Crippen LogP contribution in [-0.2, 0) is 16.1 Å². The maximum atomic E-state index is 13.4. The van der Waals surface area contributed by atoms with Gasteiger partial charge in [0.1, 0.15) is 5.70 Å². The summed E-state index contributed by atoms with van der Waals surface area (Å²) in [6.45, 7) is 10.7. The van der Waals surface area contributed by atoms with E-state index in [9.17, 15) is 9.59 Å².